The summed E-state index contributed by atoms with van der Waals surface area (Å²) >= 11 is 0. The first-order valence-electron chi connectivity index (χ1n) is 7.20. The molecule has 0 heterocycles. The molecule has 17 heavy (non-hydrogen) atoms. The van der Waals surface area contributed by atoms with Crippen LogP contribution in [0.3, 0.4) is 0 Å². The molecule has 0 aromatic heterocycles. The van der Waals surface area contributed by atoms with E-state index in [0.29, 0.717) is 11.7 Å². The van der Waals surface area contributed by atoms with Crippen LogP contribution in [0.4, 0.5) is 0 Å². The third-order valence-corrected chi connectivity index (χ3v) is 3.50. The van der Waals surface area contributed by atoms with Gasteiger partial charge in [0.1, 0.15) is 0 Å². The van der Waals surface area contributed by atoms with Gasteiger partial charge in [0.15, 0.2) is 5.78 Å². The second kappa shape index (κ2) is 8.46. The molecule has 0 spiro atoms. The van der Waals surface area contributed by atoms with Crippen LogP contribution in [0, 0.1) is 5.92 Å². The Labute approximate surface area is 106 Å². The molecule has 1 saturated carbocycles. The molecule has 0 bridgehead atoms. The van der Waals surface area contributed by atoms with Crippen molar-refractivity contribution in [3.63, 3.8) is 0 Å². The van der Waals surface area contributed by atoms with E-state index in [2.05, 4.69) is 25.2 Å². The Morgan fingerprint density at radius 1 is 1.35 bits per heavy atom. The number of allylic oxidation sites excluding steroid dienone is 2. The normalized spacial score (nSPS) is 23.3. The smallest absolute Gasteiger partial charge is 0.158 e. The Morgan fingerprint density at radius 2 is 2.18 bits per heavy atom. The van der Waals surface area contributed by atoms with E-state index in [4.69, 9.17) is 0 Å². The second-order valence-corrected chi connectivity index (χ2v) is 5.06. The molecule has 1 rings (SSSR count). The van der Waals surface area contributed by atoms with Gasteiger partial charge in [0.2, 0.25) is 0 Å². The van der Waals surface area contributed by atoms with E-state index in [1.165, 1.54) is 25.7 Å². The molecule has 0 saturated heterocycles. The summed E-state index contributed by atoms with van der Waals surface area (Å²) < 4.78 is 0. The first-order chi connectivity index (χ1) is 8.27. The third kappa shape index (κ3) is 5.49. The lowest BCUT2D eigenvalue weighted by Crippen LogP contribution is -2.20. The van der Waals surface area contributed by atoms with E-state index in [1.807, 2.05) is 0 Å². The van der Waals surface area contributed by atoms with E-state index in [1.54, 1.807) is 0 Å². The maximum atomic E-state index is 11.8. The molecular weight excluding hydrogens is 210 g/mol. The summed E-state index contributed by atoms with van der Waals surface area (Å²) in [6.45, 7) is 6.52. The molecule has 2 heteroatoms. The minimum absolute atomic E-state index is 0.407. The van der Waals surface area contributed by atoms with Gasteiger partial charge in [-0.05, 0) is 63.1 Å². The highest BCUT2D eigenvalue weighted by atomic mass is 16.1. The maximum Gasteiger partial charge on any atom is 0.158 e. The second-order valence-electron chi connectivity index (χ2n) is 5.06. The molecule has 0 amide bonds. The maximum absolute atomic E-state index is 11.8. The summed E-state index contributed by atoms with van der Waals surface area (Å²) in [4.78, 5) is 11.8. The predicted molar refractivity (Wildman–Crippen MR) is 73.1 cm³/mol. The number of nitrogens with one attached hydrogen (secondary N) is 1. The van der Waals surface area contributed by atoms with Crippen molar-refractivity contribution in [1.29, 1.82) is 0 Å². The van der Waals surface area contributed by atoms with Gasteiger partial charge >= 0.3 is 0 Å². The predicted octanol–water partition coefficient (Wildman–Crippen LogP) is 3.47. The standard InChI is InChI=1S/C15H27NO/c1-3-6-14-9-8-13(12-15(14)17)7-5-11-16-10-4-2/h6,13,16H,3-5,7-12H2,1-2H3/b14-6+/t13-/m0/s1. The van der Waals surface area contributed by atoms with Crippen molar-refractivity contribution in [2.75, 3.05) is 13.1 Å². The zero-order valence-electron chi connectivity index (χ0n) is 11.4. The lowest BCUT2D eigenvalue weighted by atomic mass is 9.82. The molecule has 98 valence electrons. The number of Topliss-reactive ketones (excluding diaryl/α,β-unsaturated/α-hetero) is 1. The summed E-state index contributed by atoms with van der Waals surface area (Å²) in [7, 11) is 0. The number of carbonyl (C=O) groups excluding carboxylic acids is 1. The molecule has 0 unspecified atom stereocenters. The van der Waals surface area contributed by atoms with Gasteiger partial charge in [-0.2, -0.15) is 0 Å². The van der Waals surface area contributed by atoms with Crippen LogP contribution in [0.5, 0.6) is 0 Å². The van der Waals surface area contributed by atoms with Gasteiger partial charge in [0.25, 0.3) is 0 Å². The van der Waals surface area contributed by atoms with Crippen LogP contribution in [0.1, 0.15) is 58.8 Å². The topological polar surface area (TPSA) is 29.1 Å². The van der Waals surface area contributed by atoms with E-state index in [9.17, 15) is 4.79 Å². The summed E-state index contributed by atoms with van der Waals surface area (Å²) in [5.41, 5.74) is 1.09. The molecule has 0 aliphatic heterocycles. The van der Waals surface area contributed by atoms with Gasteiger partial charge in [0, 0.05) is 6.42 Å². The molecule has 0 aromatic carbocycles. The Kier molecular flexibility index (Phi) is 7.18. The van der Waals surface area contributed by atoms with E-state index in [-0.39, 0.29) is 0 Å². The lowest BCUT2D eigenvalue weighted by Gasteiger charge is -2.22. The third-order valence-electron chi connectivity index (χ3n) is 3.50. The van der Waals surface area contributed by atoms with Crippen molar-refractivity contribution in [1.82, 2.24) is 5.32 Å². The highest BCUT2D eigenvalue weighted by Gasteiger charge is 2.22. The molecule has 1 aliphatic carbocycles. The van der Waals surface area contributed by atoms with Crippen LogP contribution in [-0.2, 0) is 4.79 Å². The van der Waals surface area contributed by atoms with Crippen molar-refractivity contribution >= 4 is 5.78 Å². The first kappa shape index (κ1) is 14.4. The van der Waals surface area contributed by atoms with Gasteiger partial charge < -0.3 is 5.32 Å². The van der Waals surface area contributed by atoms with Crippen molar-refractivity contribution in [2.45, 2.75) is 58.8 Å². The molecule has 1 fully saturated rings. The highest BCUT2D eigenvalue weighted by molar-refractivity contribution is 5.96. The minimum Gasteiger partial charge on any atom is -0.317 e. The molecule has 2 nitrogen and oxygen atoms in total. The fraction of sp³-hybridized carbons (Fsp3) is 0.800. The Morgan fingerprint density at radius 3 is 2.82 bits per heavy atom. The Bertz CT molecular complexity index is 258. The van der Waals surface area contributed by atoms with Crippen LogP contribution in [0.2, 0.25) is 0 Å². The zero-order valence-corrected chi connectivity index (χ0v) is 11.4. The van der Waals surface area contributed by atoms with Crippen LogP contribution in [-0.4, -0.2) is 18.9 Å². The molecule has 1 N–H and O–H groups in total. The highest BCUT2D eigenvalue weighted by Crippen LogP contribution is 2.28. The monoisotopic (exact) mass is 237 g/mol. The van der Waals surface area contributed by atoms with Crippen LogP contribution < -0.4 is 5.32 Å². The molecule has 0 radical (unpaired) electrons. The average molecular weight is 237 g/mol. The van der Waals surface area contributed by atoms with Crippen molar-refractivity contribution in [3.05, 3.63) is 11.6 Å². The lowest BCUT2D eigenvalue weighted by molar-refractivity contribution is -0.117. The summed E-state index contributed by atoms with van der Waals surface area (Å²) in [6, 6.07) is 0. The zero-order chi connectivity index (χ0) is 12.5. The largest absolute Gasteiger partial charge is 0.317 e. The van der Waals surface area contributed by atoms with Crippen LogP contribution in [0.15, 0.2) is 11.6 Å². The molecule has 1 aliphatic rings. The number of carbonyl (C=O) groups is 1. The van der Waals surface area contributed by atoms with E-state index < -0.39 is 0 Å². The van der Waals surface area contributed by atoms with Gasteiger partial charge in [-0.15, -0.1) is 0 Å². The van der Waals surface area contributed by atoms with Gasteiger partial charge in [0.05, 0.1) is 0 Å². The van der Waals surface area contributed by atoms with Crippen molar-refractivity contribution < 1.29 is 4.79 Å². The Hall–Kier alpha value is -0.630. The average Bonchev–Trinajstić information content (AvgIpc) is 2.32. The fourth-order valence-corrected chi connectivity index (χ4v) is 2.52. The van der Waals surface area contributed by atoms with Gasteiger partial charge in [-0.25, -0.2) is 0 Å². The van der Waals surface area contributed by atoms with Crippen LogP contribution in [0.25, 0.3) is 0 Å². The summed E-state index contributed by atoms with van der Waals surface area (Å²) in [5, 5.41) is 3.42. The molecular formula is C15H27NO. The Balaban J connectivity index is 2.17. The summed E-state index contributed by atoms with van der Waals surface area (Å²) in [5.74, 6) is 1.05. The van der Waals surface area contributed by atoms with Gasteiger partial charge in [-0.1, -0.05) is 19.9 Å². The van der Waals surface area contributed by atoms with Crippen molar-refractivity contribution in [2.24, 2.45) is 5.92 Å². The molecule has 1 atom stereocenters. The minimum atomic E-state index is 0.407. The number of ketones is 1. The number of hydrogen-bond donors (Lipinski definition) is 1. The number of hydrogen-bond acceptors (Lipinski definition) is 2. The first-order valence-corrected chi connectivity index (χ1v) is 7.20. The summed E-state index contributed by atoms with van der Waals surface area (Å²) in [6.07, 6.45) is 9.75. The van der Waals surface area contributed by atoms with Gasteiger partial charge in [-0.3, -0.25) is 4.79 Å². The van der Waals surface area contributed by atoms with E-state index in [0.717, 1.165) is 37.9 Å². The number of rotatable bonds is 7. The van der Waals surface area contributed by atoms with E-state index >= 15 is 0 Å². The quantitative estimate of drug-likeness (QED) is 0.542. The van der Waals surface area contributed by atoms with Crippen molar-refractivity contribution in [3.8, 4) is 0 Å². The van der Waals surface area contributed by atoms with Crippen LogP contribution >= 0.6 is 0 Å². The molecule has 0 aromatic rings. The SMILES string of the molecule is CC/C=C1\CC[C@H](CCCNCCC)CC1=O. The fourth-order valence-electron chi connectivity index (χ4n) is 2.52.